The van der Waals surface area contributed by atoms with E-state index in [2.05, 4.69) is 84.9 Å². The van der Waals surface area contributed by atoms with Gasteiger partial charge < -0.3 is 4.42 Å². The number of furan rings is 1. The summed E-state index contributed by atoms with van der Waals surface area (Å²) in [5.74, 6) is 0. The fraction of sp³-hybridized carbons (Fsp3) is 0. The SMILES string of the molecule is [2H]c1c([2H])c([2H])c(-c2c([2H])c([2H])c3c(oc4c([2H])c(-c5ccc6cc(-c7c8ccccc8c(-c8ccccc8)c8ccccc78)ccc6c5)c([2H])c([2H])c43)c2[2H])c([2H])c1[2H]. The van der Waals surface area contributed by atoms with Crippen molar-refractivity contribution < 1.29 is 19.5 Å². The predicted octanol–water partition coefficient (Wildman–Crippen LogP) is 13.7. The van der Waals surface area contributed by atoms with Gasteiger partial charge in [-0.1, -0.05) is 145 Å². The van der Waals surface area contributed by atoms with E-state index >= 15 is 0 Å². The van der Waals surface area contributed by atoms with Crippen LogP contribution in [0.5, 0.6) is 0 Å². The van der Waals surface area contributed by atoms with E-state index in [9.17, 15) is 1.37 Å². The molecule has 9 aromatic carbocycles. The standard InChI is InChI=1S/C48H30O/c1-3-11-31(12-4-1)36-23-25-39-40-26-24-37(30-46(40)49-45(39)29-36)34-19-20-35-28-38(22-21-33(35)27-34)48-43-17-9-7-15-41(43)47(32-13-5-2-6-14-32)42-16-8-10-18-44(42)48/h1-30H/i1D,3D,4D,11D,12D,23D,24D,25D,26D,29D,30D. The number of hydrogen-bond acceptors (Lipinski definition) is 1. The van der Waals surface area contributed by atoms with Gasteiger partial charge in [0.2, 0.25) is 0 Å². The molecule has 228 valence electrons. The van der Waals surface area contributed by atoms with Gasteiger partial charge in [0.15, 0.2) is 0 Å². The first-order valence-corrected chi connectivity index (χ1v) is 15.9. The first-order chi connectivity index (χ1) is 28.9. The first kappa shape index (κ1) is 18.8. The molecule has 0 N–H and O–H groups in total. The van der Waals surface area contributed by atoms with E-state index in [1.165, 1.54) is 5.56 Å². The second kappa shape index (κ2) is 11.1. The van der Waals surface area contributed by atoms with Crippen molar-refractivity contribution in [3.63, 3.8) is 0 Å². The Morgan fingerprint density at radius 2 is 0.837 bits per heavy atom. The Morgan fingerprint density at radius 3 is 1.43 bits per heavy atom. The van der Waals surface area contributed by atoms with E-state index in [1.54, 1.807) is 6.07 Å². The lowest BCUT2D eigenvalue weighted by atomic mass is 9.85. The Labute approximate surface area is 299 Å². The molecule has 0 fully saturated rings. The third-order valence-electron chi connectivity index (χ3n) is 9.17. The van der Waals surface area contributed by atoms with Crippen LogP contribution in [0.15, 0.2) is 186 Å². The molecule has 10 aromatic rings. The minimum Gasteiger partial charge on any atom is -0.456 e. The van der Waals surface area contributed by atoms with Crippen LogP contribution in [0.4, 0.5) is 0 Å². The van der Waals surface area contributed by atoms with Crippen molar-refractivity contribution in [1.29, 1.82) is 0 Å². The molecule has 0 spiro atoms. The quantitative estimate of drug-likeness (QED) is 0.176. The summed E-state index contributed by atoms with van der Waals surface area (Å²) < 4.78 is 102. The Bertz CT molecular complexity index is 3420. The maximum Gasteiger partial charge on any atom is 0.136 e. The maximum atomic E-state index is 9.30. The molecule has 0 aliphatic carbocycles. The highest BCUT2D eigenvalue weighted by Gasteiger charge is 2.17. The summed E-state index contributed by atoms with van der Waals surface area (Å²) in [5.41, 5.74) is 3.79. The third-order valence-corrected chi connectivity index (χ3v) is 9.17. The van der Waals surface area contributed by atoms with E-state index in [4.69, 9.17) is 18.1 Å². The van der Waals surface area contributed by atoms with Gasteiger partial charge in [-0.05, 0) is 113 Å². The molecular formula is C48H30O. The molecule has 0 saturated carbocycles. The maximum absolute atomic E-state index is 9.30. The molecule has 0 saturated heterocycles. The second-order valence-electron chi connectivity index (χ2n) is 12.0. The molecule has 1 heteroatoms. The van der Waals surface area contributed by atoms with Crippen LogP contribution in [0, 0.1) is 0 Å². The summed E-state index contributed by atoms with van der Waals surface area (Å²) in [6, 6.07) is 33.3. The van der Waals surface area contributed by atoms with Crippen molar-refractivity contribution in [2.24, 2.45) is 0 Å². The number of rotatable bonds is 4. The van der Waals surface area contributed by atoms with Crippen LogP contribution >= 0.6 is 0 Å². The third kappa shape index (κ3) is 4.55. The Kier molecular flexibility index (Phi) is 4.25. The van der Waals surface area contributed by atoms with E-state index in [0.29, 0.717) is 5.56 Å². The summed E-state index contributed by atoms with van der Waals surface area (Å²) in [6.45, 7) is 0. The average molecular weight is 634 g/mol. The Morgan fingerprint density at radius 1 is 0.347 bits per heavy atom. The highest BCUT2D eigenvalue weighted by Crippen LogP contribution is 2.44. The predicted molar refractivity (Wildman–Crippen MR) is 208 cm³/mol. The molecule has 49 heavy (non-hydrogen) atoms. The topological polar surface area (TPSA) is 13.1 Å². The molecule has 0 unspecified atom stereocenters. The Hall–Kier alpha value is -6.44. The van der Waals surface area contributed by atoms with Crippen LogP contribution in [-0.4, -0.2) is 0 Å². The minimum atomic E-state index is -0.655. The van der Waals surface area contributed by atoms with Crippen molar-refractivity contribution in [2.45, 2.75) is 0 Å². The van der Waals surface area contributed by atoms with Gasteiger partial charge in [-0.25, -0.2) is 0 Å². The van der Waals surface area contributed by atoms with Crippen LogP contribution in [0.3, 0.4) is 0 Å². The molecule has 0 radical (unpaired) electrons. The second-order valence-corrected chi connectivity index (χ2v) is 12.0. The zero-order chi connectivity index (χ0) is 41.9. The van der Waals surface area contributed by atoms with Gasteiger partial charge in [0.05, 0.1) is 15.1 Å². The van der Waals surface area contributed by atoms with Crippen molar-refractivity contribution in [2.75, 3.05) is 0 Å². The molecule has 0 bridgehead atoms. The molecule has 0 aliphatic rings. The van der Waals surface area contributed by atoms with E-state index < -0.39 is 59.5 Å². The van der Waals surface area contributed by atoms with Gasteiger partial charge in [0.25, 0.3) is 0 Å². The molecular weight excluding hydrogens is 593 g/mol. The highest BCUT2D eigenvalue weighted by atomic mass is 16.3. The van der Waals surface area contributed by atoms with Gasteiger partial charge >= 0.3 is 0 Å². The molecule has 0 aliphatic heterocycles. The fourth-order valence-corrected chi connectivity index (χ4v) is 6.94. The highest BCUT2D eigenvalue weighted by molar-refractivity contribution is 6.21. The van der Waals surface area contributed by atoms with Gasteiger partial charge in [-0.15, -0.1) is 0 Å². The average Bonchev–Trinajstić information content (AvgIpc) is 3.68. The molecule has 0 amide bonds. The Balaban J connectivity index is 1.14. The summed E-state index contributed by atoms with van der Waals surface area (Å²) in [5, 5.41) is 6.08. The largest absolute Gasteiger partial charge is 0.456 e. The summed E-state index contributed by atoms with van der Waals surface area (Å²) >= 11 is 0. The van der Waals surface area contributed by atoms with Crippen LogP contribution in [0.2, 0.25) is 0 Å². The van der Waals surface area contributed by atoms with Crippen molar-refractivity contribution in [3.05, 3.63) is 182 Å². The zero-order valence-corrected chi connectivity index (χ0v) is 25.9. The van der Waals surface area contributed by atoms with Gasteiger partial charge in [-0.2, -0.15) is 0 Å². The van der Waals surface area contributed by atoms with Crippen molar-refractivity contribution in [1.82, 2.24) is 0 Å². The first-order valence-electron chi connectivity index (χ1n) is 21.4. The number of benzene rings is 9. The molecule has 1 nitrogen and oxygen atoms in total. The molecule has 1 heterocycles. The molecule has 0 atom stereocenters. The normalized spacial score (nSPS) is 14.8. The summed E-state index contributed by atoms with van der Waals surface area (Å²) in [6.07, 6.45) is 0. The van der Waals surface area contributed by atoms with E-state index in [1.807, 2.05) is 24.3 Å². The summed E-state index contributed by atoms with van der Waals surface area (Å²) in [4.78, 5) is 0. The number of hydrogen-bond donors (Lipinski definition) is 0. The van der Waals surface area contributed by atoms with Crippen LogP contribution in [0.25, 0.3) is 98.8 Å². The summed E-state index contributed by atoms with van der Waals surface area (Å²) in [7, 11) is 0. The van der Waals surface area contributed by atoms with Gasteiger partial charge in [0.1, 0.15) is 11.2 Å². The van der Waals surface area contributed by atoms with Gasteiger partial charge in [-0.3, -0.25) is 0 Å². The zero-order valence-electron chi connectivity index (χ0n) is 36.9. The lowest BCUT2D eigenvalue weighted by Gasteiger charge is -2.18. The fourth-order valence-electron chi connectivity index (χ4n) is 6.94. The lowest BCUT2D eigenvalue weighted by Crippen LogP contribution is -1.90. The van der Waals surface area contributed by atoms with Gasteiger partial charge in [0, 0.05) is 10.8 Å². The van der Waals surface area contributed by atoms with Crippen LogP contribution < -0.4 is 0 Å². The van der Waals surface area contributed by atoms with Crippen molar-refractivity contribution >= 4 is 54.3 Å². The number of fused-ring (bicyclic) bond motifs is 6. The van der Waals surface area contributed by atoms with Crippen LogP contribution in [0.1, 0.15) is 15.1 Å². The molecule has 10 rings (SSSR count). The monoisotopic (exact) mass is 633 g/mol. The minimum absolute atomic E-state index is 0.0773. The molecule has 1 aromatic heterocycles. The van der Waals surface area contributed by atoms with Crippen LogP contribution in [-0.2, 0) is 0 Å². The lowest BCUT2D eigenvalue weighted by molar-refractivity contribution is 0.669. The van der Waals surface area contributed by atoms with Crippen molar-refractivity contribution in [3.8, 4) is 44.5 Å². The smallest absolute Gasteiger partial charge is 0.136 e. The van der Waals surface area contributed by atoms with E-state index in [0.717, 1.165) is 49.0 Å². The van der Waals surface area contributed by atoms with E-state index in [-0.39, 0.29) is 45.6 Å².